The van der Waals surface area contributed by atoms with Crippen molar-refractivity contribution in [3.05, 3.63) is 71.0 Å². The maximum Gasteiger partial charge on any atom is 0.264 e. The van der Waals surface area contributed by atoms with Crippen LogP contribution in [0.3, 0.4) is 0 Å². The van der Waals surface area contributed by atoms with Gasteiger partial charge >= 0.3 is 0 Å². The molecule has 130 valence electrons. The van der Waals surface area contributed by atoms with Crippen molar-refractivity contribution in [2.45, 2.75) is 24.8 Å². The molecule has 1 N–H and O–H groups in total. The third-order valence-corrected chi connectivity index (χ3v) is 5.22. The first-order chi connectivity index (χ1) is 12.0. The lowest BCUT2D eigenvalue weighted by Crippen LogP contribution is -2.14. The molecule has 0 amide bonds. The number of sulfonamides is 1. The van der Waals surface area contributed by atoms with E-state index in [1.807, 2.05) is 25.1 Å². The topological polar surface area (TPSA) is 76.9 Å². The van der Waals surface area contributed by atoms with E-state index in [-0.39, 0.29) is 10.8 Å². The second-order valence-corrected chi connectivity index (χ2v) is 7.62. The molecule has 2 aromatic carbocycles. The van der Waals surface area contributed by atoms with Crippen LogP contribution in [-0.2, 0) is 23.0 Å². The Morgan fingerprint density at radius 1 is 1.12 bits per heavy atom. The monoisotopic (exact) mass is 376 g/mol. The van der Waals surface area contributed by atoms with Crippen LogP contribution in [0.2, 0.25) is 5.02 Å². The average molecular weight is 377 g/mol. The summed E-state index contributed by atoms with van der Waals surface area (Å²) >= 11 is 5.96. The van der Waals surface area contributed by atoms with Crippen molar-refractivity contribution >= 4 is 27.6 Å². The number of hydrogen-bond donors (Lipinski definition) is 1. The predicted octanol–water partition coefficient (Wildman–Crippen LogP) is 3.34. The Kier molecular flexibility index (Phi) is 5.06. The molecule has 0 aliphatic heterocycles. The van der Waals surface area contributed by atoms with E-state index in [0.29, 0.717) is 11.6 Å². The van der Waals surface area contributed by atoms with Gasteiger partial charge in [0.05, 0.1) is 11.4 Å². The quantitative estimate of drug-likeness (QED) is 0.715. The molecule has 0 spiro atoms. The molecule has 0 atom stereocenters. The van der Waals surface area contributed by atoms with Gasteiger partial charge in [0.15, 0.2) is 0 Å². The fourth-order valence-corrected chi connectivity index (χ4v) is 3.48. The zero-order chi connectivity index (χ0) is 17.9. The fraction of sp³-hybridized carbons (Fsp3) is 0.176. The number of rotatable bonds is 6. The molecule has 0 unspecified atom stereocenters. The smallest absolute Gasteiger partial charge is 0.246 e. The van der Waals surface area contributed by atoms with Crippen LogP contribution in [0.15, 0.2) is 59.8 Å². The summed E-state index contributed by atoms with van der Waals surface area (Å²) in [6.07, 6.45) is 2.32. The predicted molar refractivity (Wildman–Crippen MR) is 97.2 cm³/mol. The first kappa shape index (κ1) is 17.4. The molecule has 3 aromatic rings. The molecule has 0 saturated carbocycles. The Bertz CT molecular complexity index is 968. The molecular weight excluding hydrogens is 360 g/mol. The zero-order valence-corrected chi connectivity index (χ0v) is 15.1. The Morgan fingerprint density at radius 3 is 2.56 bits per heavy atom. The molecule has 1 heterocycles. The van der Waals surface area contributed by atoms with Crippen LogP contribution in [0.4, 0.5) is 5.95 Å². The first-order valence-corrected chi connectivity index (χ1v) is 9.58. The molecule has 3 rings (SSSR count). The summed E-state index contributed by atoms with van der Waals surface area (Å²) in [6.45, 7) is 2.46. The Morgan fingerprint density at radius 2 is 1.88 bits per heavy atom. The van der Waals surface area contributed by atoms with Gasteiger partial charge in [-0.1, -0.05) is 42.8 Å². The average Bonchev–Trinajstić information content (AvgIpc) is 3.01. The van der Waals surface area contributed by atoms with Crippen molar-refractivity contribution in [3.8, 4) is 0 Å². The summed E-state index contributed by atoms with van der Waals surface area (Å²) in [6, 6.07) is 14.1. The van der Waals surface area contributed by atoms with Crippen molar-refractivity contribution in [1.29, 1.82) is 0 Å². The SMILES string of the molecule is CCc1ccc(S(=O)(=O)Nc2ncn(Cc3cccc(Cl)c3)n2)cc1. The van der Waals surface area contributed by atoms with E-state index in [9.17, 15) is 8.42 Å². The Labute approximate surface area is 151 Å². The van der Waals surface area contributed by atoms with Gasteiger partial charge in [-0.15, -0.1) is 5.10 Å². The summed E-state index contributed by atoms with van der Waals surface area (Å²) in [4.78, 5) is 4.18. The minimum absolute atomic E-state index is 0.0293. The van der Waals surface area contributed by atoms with Crippen LogP contribution >= 0.6 is 11.6 Å². The fourth-order valence-electron chi connectivity index (χ4n) is 2.32. The molecule has 8 heteroatoms. The van der Waals surface area contributed by atoms with E-state index in [2.05, 4.69) is 14.8 Å². The van der Waals surface area contributed by atoms with Crippen LogP contribution in [0.5, 0.6) is 0 Å². The minimum atomic E-state index is -3.71. The molecule has 0 aliphatic carbocycles. The number of halogens is 1. The molecule has 0 bridgehead atoms. The normalized spacial score (nSPS) is 11.4. The second-order valence-electron chi connectivity index (χ2n) is 5.50. The van der Waals surface area contributed by atoms with Gasteiger partial charge in [0.2, 0.25) is 0 Å². The number of aromatic nitrogens is 3. The van der Waals surface area contributed by atoms with E-state index >= 15 is 0 Å². The maximum atomic E-state index is 12.4. The van der Waals surface area contributed by atoms with E-state index in [1.54, 1.807) is 35.0 Å². The lowest BCUT2D eigenvalue weighted by molar-refractivity contribution is 0.600. The van der Waals surface area contributed by atoms with Gasteiger partial charge in [-0.25, -0.2) is 17.8 Å². The minimum Gasteiger partial charge on any atom is -0.246 e. The van der Waals surface area contributed by atoms with Gasteiger partial charge in [0.1, 0.15) is 6.33 Å². The summed E-state index contributed by atoms with van der Waals surface area (Å²) in [5, 5.41) is 4.79. The van der Waals surface area contributed by atoms with E-state index in [0.717, 1.165) is 17.5 Å². The lowest BCUT2D eigenvalue weighted by atomic mass is 10.2. The molecule has 25 heavy (non-hydrogen) atoms. The molecular formula is C17H17ClN4O2S. The van der Waals surface area contributed by atoms with Crippen molar-refractivity contribution in [1.82, 2.24) is 14.8 Å². The van der Waals surface area contributed by atoms with Crippen LogP contribution in [0.1, 0.15) is 18.1 Å². The summed E-state index contributed by atoms with van der Waals surface area (Å²) in [7, 11) is -3.71. The molecule has 0 radical (unpaired) electrons. The number of hydrogen-bond acceptors (Lipinski definition) is 4. The van der Waals surface area contributed by atoms with Gasteiger partial charge in [-0.3, -0.25) is 0 Å². The second kappa shape index (κ2) is 7.25. The Hall–Kier alpha value is -2.38. The highest BCUT2D eigenvalue weighted by atomic mass is 35.5. The number of nitrogens with zero attached hydrogens (tertiary/aromatic N) is 3. The van der Waals surface area contributed by atoms with Crippen LogP contribution < -0.4 is 4.72 Å². The highest BCUT2D eigenvalue weighted by molar-refractivity contribution is 7.92. The Balaban J connectivity index is 1.73. The van der Waals surface area contributed by atoms with E-state index in [4.69, 9.17) is 11.6 Å². The summed E-state index contributed by atoms with van der Waals surface area (Å²) < 4.78 is 28.7. The van der Waals surface area contributed by atoms with Crippen LogP contribution in [-0.4, -0.2) is 23.2 Å². The molecule has 1 aromatic heterocycles. The lowest BCUT2D eigenvalue weighted by Gasteiger charge is -2.05. The number of nitrogens with one attached hydrogen (secondary N) is 1. The highest BCUT2D eigenvalue weighted by Crippen LogP contribution is 2.15. The van der Waals surface area contributed by atoms with Crippen molar-refractivity contribution in [2.75, 3.05) is 4.72 Å². The summed E-state index contributed by atoms with van der Waals surface area (Å²) in [5.41, 5.74) is 2.02. The largest absolute Gasteiger partial charge is 0.264 e. The molecule has 6 nitrogen and oxygen atoms in total. The van der Waals surface area contributed by atoms with Gasteiger partial charge in [0, 0.05) is 5.02 Å². The van der Waals surface area contributed by atoms with Crippen molar-refractivity contribution < 1.29 is 8.42 Å². The number of benzene rings is 2. The molecule has 0 fully saturated rings. The molecule has 0 aliphatic rings. The third-order valence-electron chi connectivity index (χ3n) is 3.64. The molecule has 0 saturated heterocycles. The van der Waals surface area contributed by atoms with Gasteiger partial charge in [-0.05, 0) is 41.8 Å². The maximum absolute atomic E-state index is 12.4. The first-order valence-electron chi connectivity index (χ1n) is 7.72. The van der Waals surface area contributed by atoms with E-state index < -0.39 is 10.0 Å². The van der Waals surface area contributed by atoms with Gasteiger partial charge < -0.3 is 0 Å². The summed E-state index contributed by atoms with van der Waals surface area (Å²) in [5.74, 6) is 0.0293. The van der Waals surface area contributed by atoms with Gasteiger partial charge in [-0.2, -0.15) is 4.98 Å². The van der Waals surface area contributed by atoms with Crippen molar-refractivity contribution in [3.63, 3.8) is 0 Å². The highest BCUT2D eigenvalue weighted by Gasteiger charge is 2.16. The van der Waals surface area contributed by atoms with E-state index in [1.165, 1.54) is 6.33 Å². The van der Waals surface area contributed by atoms with Crippen LogP contribution in [0, 0.1) is 0 Å². The standard InChI is InChI=1S/C17H17ClN4O2S/c1-2-13-6-8-16(9-7-13)25(23,24)21-17-19-12-22(20-17)11-14-4-3-5-15(18)10-14/h3-10,12H,2,11H2,1H3,(H,20,21). The zero-order valence-electron chi connectivity index (χ0n) is 13.6. The third kappa shape index (κ3) is 4.37. The number of aryl methyl sites for hydroxylation is 1. The van der Waals surface area contributed by atoms with Crippen molar-refractivity contribution in [2.24, 2.45) is 0 Å². The van der Waals surface area contributed by atoms with Crippen LogP contribution in [0.25, 0.3) is 0 Å². The number of anilines is 1. The van der Waals surface area contributed by atoms with Gasteiger partial charge in [0.25, 0.3) is 16.0 Å².